The molecule has 0 saturated carbocycles. The van der Waals surface area contributed by atoms with E-state index in [-0.39, 0.29) is 11.7 Å². The molecule has 1 amide bonds. The molecule has 0 aliphatic rings. The second-order valence-corrected chi connectivity index (χ2v) is 8.46. The maximum Gasteiger partial charge on any atom is 0.317 e. The van der Waals surface area contributed by atoms with Gasteiger partial charge in [0.05, 0.1) is 5.75 Å². The first-order chi connectivity index (χ1) is 15.4. The van der Waals surface area contributed by atoms with Gasteiger partial charge in [-0.05, 0) is 38.0 Å². The van der Waals surface area contributed by atoms with Crippen molar-refractivity contribution in [2.45, 2.75) is 45.1 Å². The molecule has 0 radical (unpaired) electrons. The van der Waals surface area contributed by atoms with Gasteiger partial charge in [0.15, 0.2) is 11.3 Å². The Labute approximate surface area is 193 Å². The Hall–Kier alpha value is -3.19. The lowest BCUT2D eigenvalue weighted by atomic mass is 10.1. The number of ether oxygens (including phenoxy) is 1. The van der Waals surface area contributed by atoms with Crippen molar-refractivity contribution >= 4 is 23.6 Å². The number of aromatic nitrogens is 2. The van der Waals surface area contributed by atoms with Crippen molar-refractivity contribution in [2.24, 2.45) is 0 Å². The van der Waals surface area contributed by atoms with Gasteiger partial charge in [0.25, 0.3) is 5.91 Å². The SMILES string of the molecule is Cc1cc(C)nc(SCC(=O)O[C@@H](C)C(=O)N(Cc2ccccc2)Cc2ccccc2)n1. The first-order valence-electron chi connectivity index (χ1n) is 10.4. The van der Waals surface area contributed by atoms with E-state index in [1.807, 2.05) is 80.6 Å². The molecule has 0 aliphatic heterocycles. The lowest BCUT2D eigenvalue weighted by molar-refractivity contribution is -0.157. The number of thioether (sulfide) groups is 1. The second-order valence-electron chi connectivity index (χ2n) is 7.52. The highest BCUT2D eigenvalue weighted by atomic mass is 32.2. The third-order valence-corrected chi connectivity index (χ3v) is 5.50. The zero-order chi connectivity index (χ0) is 22.9. The molecule has 0 aliphatic carbocycles. The van der Waals surface area contributed by atoms with Crippen LogP contribution in [0.3, 0.4) is 0 Å². The minimum Gasteiger partial charge on any atom is -0.452 e. The number of rotatable bonds is 9. The maximum absolute atomic E-state index is 13.2. The molecule has 7 heteroatoms. The van der Waals surface area contributed by atoms with Crippen molar-refractivity contribution in [1.82, 2.24) is 14.9 Å². The van der Waals surface area contributed by atoms with Gasteiger partial charge in [0.2, 0.25) is 0 Å². The molecular formula is C25H27N3O3S. The van der Waals surface area contributed by atoms with E-state index in [1.54, 1.807) is 11.8 Å². The smallest absolute Gasteiger partial charge is 0.317 e. The summed E-state index contributed by atoms with van der Waals surface area (Å²) in [6.45, 7) is 6.24. The van der Waals surface area contributed by atoms with Gasteiger partial charge in [-0.15, -0.1) is 0 Å². The third-order valence-electron chi connectivity index (χ3n) is 4.68. The first kappa shape index (κ1) is 23.5. The molecule has 1 aromatic heterocycles. The monoisotopic (exact) mass is 449 g/mol. The summed E-state index contributed by atoms with van der Waals surface area (Å²) < 4.78 is 5.44. The number of nitrogens with zero attached hydrogens (tertiary/aromatic N) is 3. The minimum absolute atomic E-state index is 0.0396. The maximum atomic E-state index is 13.2. The Kier molecular flexibility index (Phi) is 8.39. The number of hydrogen-bond acceptors (Lipinski definition) is 6. The fourth-order valence-corrected chi connectivity index (χ4v) is 3.97. The standard InChI is InChI=1S/C25H27N3O3S/c1-18-14-19(2)27-25(26-18)32-17-23(29)31-20(3)24(30)28(15-21-10-6-4-7-11-21)16-22-12-8-5-9-13-22/h4-14,20H,15-17H2,1-3H3/t20-/m0/s1. The number of aryl methyl sites for hydroxylation is 2. The summed E-state index contributed by atoms with van der Waals surface area (Å²) in [6.07, 6.45) is -0.893. The lowest BCUT2D eigenvalue weighted by Gasteiger charge is -2.26. The average Bonchev–Trinajstić information content (AvgIpc) is 2.77. The van der Waals surface area contributed by atoms with Crippen LogP contribution in [0.2, 0.25) is 0 Å². The van der Waals surface area contributed by atoms with Crippen LogP contribution >= 0.6 is 11.8 Å². The van der Waals surface area contributed by atoms with Crippen LogP contribution in [0.25, 0.3) is 0 Å². The molecule has 0 N–H and O–H groups in total. The quantitative estimate of drug-likeness (QED) is 0.275. The Morgan fingerprint density at radius 2 is 1.41 bits per heavy atom. The first-order valence-corrected chi connectivity index (χ1v) is 11.4. The number of carbonyl (C=O) groups is 2. The molecule has 32 heavy (non-hydrogen) atoms. The van der Waals surface area contributed by atoms with Gasteiger partial charge >= 0.3 is 5.97 Å². The van der Waals surface area contributed by atoms with E-state index in [4.69, 9.17) is 4.74 Å². The zero-order valence-electron chi connectivity index (χ0n) is 18.5. The molecule has 1 atom stereocenters. The normalized spacial score (nSPS) is 11.6. The predicted molar refractivity (Wildman–Crippen MR) is 125 cm³/mol. The van der Waals surface area contributed by atoms with Crippen LogP contribution in [0.4, 0.5) is 0 Å². The third kappa shape index (κ3) is 7.20. The van der Waals surface area contributed by atoms with Crippen LogP contribution in [0.5, 0.6) is 0 Å². The van der Waals surface area contributed by atoms with Gasteiger partial charge in [-0.25, -0.2) is 9.97 Å². The van der Waals surface area contributed by atoms with Crippen molar-refractivity contribution in [3.8, 4) is 0 Å². The van der Waals surface area contributed by atoms with Crippen LogP contribution < -0.4 is 0 Å². The van der Waals surface area contributed by atoms with Crippen LogP contribution in [0.1, 0.15) is 29.4 Å². The Morgan fingerprint density at radius 1 is 0.906 bits per heavy atom. The number of carbonyl (C=O) groups excluding carboxylic acids is 2. The predicted octanol–water partition coefficient (Wildman–Crippen LogP) is 4.35. The highest BCUT2D eigenvalue weighted by Gasteiger charge is 2.24. The van der Waals surface area contributed by atoms with E-state index in [2.05, 4.69) is 9.97 Å². The van der Waals surface area contributed by atoms with Crippen molar-refractivity contribution < 1.29 is 14.3 Å². The van der Waals surface area contributed by atoms with Gasteiger partial charge in [-0.2, -0.15) is 0 Å². The molecule has 0 bridgehead atoms. The van der Waals surface area contributed by atoms with Crippen molar-refractivity contribution in [1.29, 1.82) is 0 Å². The van der Waals surface area contributed by atoms with Crippen LogP contribution in [-0.4, -0.2) is 38.6 Å². The van der Waals surface area contributed by atoms with Crippen LogP contribution in [0.15, 0.2) is 71.9 Å². The largest absolute Gasteiger partial charge is 0.452 e. The highest BCUT2D eigenvalue weighted by molar-refractivity contribution is 7.99. The topological polar surface area (TPSA) is 72.4 Å². The Morgan fingerprint density at radius 3 is 1.91 bits per heavy atom. The fraction of sp³-hybridized carbons (Fsp3) is 0.280. The minimum atomic E-state index is -0.893. The molecule has 0 unspecified atom stereocenters. The highest BCUT2D eigenvalue weighted by Crippen LogP contribution is 2.16. The van der Waals surface area contributed by atoms with Gasteiger partial charge in [0, 0.05) is 24.5 Å². The van der Waals surface area contributed by atoms with Crippen molar-refractivity contribution in [3.05, 3.63) is 89.2 Å². The Bertz CT molecular complexity index is 983. The average molecular weight is 450 g/mol. The molecule has 3 rings (SSSR count). The van der Waals surface area contributed by atoms with Gasteiger partial charge in [-0.1, -0.05) is 72.4 Å². The van der Waals surface area contributed by atoms with E-state index < -0.39 is 12.1 Å². The van der Waals surface area contributed by atoms with Crippen molar-refractivity contribution in [3.63, 3.8) is 0 Å². The number of amides is 1. The molecule has 1 heterocycles. The summed E-state index contributed by atoms with van der Waals surface area (Å²) in [5, 5.41) is 0.521. The summed E-state index contributed by atoms with van der Waals surface area (Å²) in [7, 11) is 0. The summed E-state index contributed by atoms with van der Waals surface area (Å²) in [5.74, 6) is -0.672. The number of esters is 1. The molecular weight excluding hydrogens is 422 g/mol. The van der Waals surface area contributed by atoms with Gasteiger partial charge in [0.1, 0.15) is 0 Å². The number of hydrogen-bond donors (Lipinski definition) is 0. The summed E-state index contributed by atoms with van der Waals surface area (Å²) >= 11 is 1.20. The van der Waals surface area contributed by atoms with Crippen LogP contribution in [0, 0.1) is 13.8 Å². The van der Waals surface area contributed by atoms with E-state index in [0.29, 0.717) is 18.2 Å². The molecule has 3 aromatic rings. The molecule has 0 saturated heterocycles. The molecule has 2 aromatic carbocycles. The van der Waals surface area contributed by atoms with Gasteiger partial charge in [-0.3, -0.25) is 9.59 Å². The van der Waals surface area contributed by atoms with Crippen molar-refractivity contribution in [2.75, 3.05) is 5.75 Å². The summed E-state index contributed by atoms with van der Waals surface area (Å²) in [5.41, 5.74) is 3.71. The summed E-state index contributed by atoms with van der Waals surface area (Å²) in [4.78, 5) is 35.9. The summed E-state index contributed by atoms with van der Waals surface area (Å²) in [6, 6.07) is 21.4. The number of benzene rings is 2. The molecule has 6 nitrogen and oxygen atoms in total. The van der Waals surface area contributed by atoms with E-state index in [1.165, 1.54) is 11.8 Å². The Balaban J connectivity index is 1.62. The van der Waals surface area contributed by atoms with E-state index in [0.717, 1.165) is 22.5 Å². The van der Waals surface area contributed by atoms with E-state index >= 15 is 0 Å². The fourth-order valence-electron chi connectivity index (χ4n) is 3.24. The zero-order valence-corrected chi connectivity index (χ0v) is 19.3. The second kappa shape index (κ2) is 11.4. The molecule has 0 spiro atoms. The molecule has 166 valence electrons. The van der Waals surface area contributed by atoms with Crippen LogP contribution in [-0.2, 0) is 27.4 Å². The van der Waals surface area contributed by atoms with Gasteiger partial charge < -0.3 is 9.64 Å². The molecule has 0 fully saturated rings. The van der Waals surface area contributed by atoms with E-state index in [9.17, 15) is 9.59 Å². The lowest BCUT2D eigenvalue weighted by Crippen LogP contribution is -2.39.